The van der Waals surface area contributed by atoms with E-state index in [-0.39, 0.29) is 5.91 Å². The van der Waals surface area contributed by atoms with Crippen LogP contribution >= 0.6 is 0 Å². The van der Waals surface area contributed by atoms with Crippen molar-refractivity contribution in [1.82, 2.24) is 5.32 Å². The molecule has 0 aromatic heterocycles. The smallest absolute Gasteiger partial charge is 0.255 e. The fourth-order valence-electron chi connectivity index (χ4n) is 2.29. The van der Waals surface area contributed by atoms with Crippen LogP contribution in [0.25, 0.3) is 5.57 Å². The molecule has 2 aromatic rings. The van der Waals surface area contributed by atoms with Crippen LogP contribution in [-0.4, -0.2) is 19.5 Å². The van der Waals surface area contributed by atoms with Gasteiger partial charge in [0.05, 0.1) is 11.3 Å². The lowest BCUT2D eigenvalue weighted by Crippen LogP contribution is -2.55. The Balaban J connectivity index is 2.35. The lowest BCUT2D eigenvalue weighted by molar-refractivity contribution is -0.379. The van der Waals surface area contributed by atoms with Crippen molar-refractivity contribution in [3.05, 3.63) is 70.8 Å². The summed E-state index contributed by atoms with van der Waals surface area (Å²) in [6.07, 6.45) is 1.39. The number of hydrogen-bond acceptors (Lipinski definition) is 4. The van der Waals surface area contributed by atoms with E-state index in [0.29, 0.717) is 28.9 Å². The number of amides is 1. The van der Waals surface area contributed by atoms with E-state index < -0.39 is 0 Å². The second-order valence-corrected chi connectivity index (χ2v) is 5.36. The van der Waals surface area contributed by atoms with Gasteiger partial charge >= 0.3 is 0 Å². The topological polar surface area (TPSA) is 87.2 Å². The molecular weight excluding hydrogens is 316 g/mol. The van der Waals surface area contributed by atoms with Crippen molar-refractivity contribution >= 4 is 22.9 Å². The van der Waals surface area contributed by atoms with Gasteiger partial charge in [0.1, 0.15) is 6.07 Å². The van der Waals surface area contributed by atoms with E-state index >= 15 is 0 Å². The molecule has 0 atom stereocenters. The van der Waals surface area contributed by atoms with Gasteiger partial charge in [0.25, 0.3) is 11.6 Å². The summed E-state index contributed by atoms with van der Waals surface area (Å²) in [6.45, 7) is 2.67. The zero-order valence-electron chi connectivity index (χ0n) is 14.1. The second-order valence-electron chi connectivity index (χ2n) is 5.36. The van der Waals surface area contributed by atoms with E-state index in [1.165, 1.54) is 6.20 Å². The van der Waals surface area contributed by atoms with Gasteiger partial charge in [0, 0.05) is 53.1 Å². The molecule has 2 N–H and O–H groups in total. The lowest BCUT2D eigenvalue weighted by atomic mass is 10.0. The molecule has 0 unspecified atom stereocenters. The van der Waals surface area contributed by atoms with Gasteiger partial charge in [0.2, 0.25) is 0 Å². The highest BCUT2D eigenvalue weighted by Gasteiger charge is 2.14. The van der Waals surface area contributed by atoms with E-state index in [2.05, 4.69) is 11.4 Å². The number of rotatable bonds is 6. The molecule has 126 valence electrons. The molecule has 0 fully saturated rings. The first-order valence-corrected chi connectivity index (χ1v) is 7.80. The molecule has 2 aromatic carbocycles. The van der Waals surface area contributed by atoms with Crippen molar-refractivity contribution < 1.29 is 9.97 Å². The van der Waals surface area contributed by atoms with E-state index in [1.54, 1.807) is 42.5 Å². The summed E-state index contributed by atoms with van der Waals surface area (Å²) in [5, 5.41) is 14.0. The van der Waals surface area contributed by atoms with E-state index in [1.807, 2.05) is 30.1 Å². The summed E-state index contributed by atoms with van der Waals surface area (Å²) in [7, 11) is 1.87. The van der Waals surface area contributed by atoms with Crippen LogP contribution in [0.2, 0.25) is 0 Å². The molecule has 0 heterocycles. The fourth-order valence-corrected chi connectivity index (χ4v) is 2.29. The van der Waals surface area contributed by atoms with Gasteiger partial charge in [-0.15, -0.1) is 0 Å². The largest absolute Gasteiger partial charge is 0.374 e. The normalized spacial score (nSPS) is 10.7. The Morgan fingerprint density at radius 1 is 1.28 bits per heavy atom. The maximum Gasteiger partial charge on any atom is 0.255 e. The third-order valence-corrected chi connectivity index (χ3v) is 3.80. The van der Waals surface area contributed by atoms with Gasteiger partial charge in [0.15, 0.2) is 0 Å². The molecule has 0 aliphatic rings. The van der Waals surface area contributed by atoms with E-state index in [9.17, 15) is 15.0 Å². The Labute approximate surface area is 146 Å². The molecule has 6 nitrogen and oxygen atoms in total. The molecule has 0 aliphatic carbocycles. The maximum atomic E-state index is 12.1. The average Bonchev–Trinajstić information content (AvgIpc) is 2.68. The SMILES string of the molecule is CCN(C)c1cc([NH+]=O)ccc1/C(C#N)=C/NC(=O)c1ccccc1. The number of carbonyl (C=O) groups excluding carboxylic acids is 1. The van der Waals surface area contributed by atoms with Gasteiger partial charge in [-0.1, -0.05) is 18.2 Å². The second kappa shape index (κ2) is 8.41. The van der Waals surface area contributed by atoms with Crippen molar-refractivity contribution in [1.29, 1.82) is 5.26 Å². The first-order chi connectivity index (χ1) is 12.1. The van der Waals surface area contributed by atoms with Gasteiger partial charge in [-0.25, -0.2) is 0 Å². The number of allylic oxidation sites excluding steroid dienone is 1. The molecule has 25 heavy (non-hydrogen) atoms. The number of nitroso groups, excluding NO2 is 1. The van der Waals surface area contributed by atoms with Crippen LogP contribution in [0, 0.1) is 16.2 Å². The number of nitriles is 1. The molecule has 6 heteroatoms. The number of anilines is 1. The molecule has 0 radical (unpaired) electrons. The Kier molecular flexibility index (Phi) is 6.02. The molecule has 0 spiro atoms. The Morgan fingerprint density at radius 2 is 2.00 bits per heavy atom. The van der Waals surface area contributed by atoms with Crippen LogP contribution in [0.4, 0.5) is 11.4 Å². The van der Waals surface area contributed by atoms with Gasteiger partial charge in [-0.2, -0.15) is 5.26 Å². The molecule has 2 rings (SSSR count). The maximum absolute atomic E-state index is 12.1. The predicted octanol–water partition coefficient (Wildman–Crippen LogP) is 1.92. The summed E-state index contributed by atoms with van der Waals surface area (Å²) in [5.41, 5.74) is 2.58. The number of nitrogens with zero attached hydrogens (tertiary/aromatic N) is 2. The van der Waals surface area contributed by atoms with Crippen LogP contribution in [0.15, 0.2) is 54.7 Å². The highest BCUT2D eigenvalue weighted by atomic mass is 16.3. The first kappa shape index (κ1) is 17.9. The first-order valence-electron chi connectivity index (χ1n) is 7.80. The standard InChI is InChI=1S/C19H18N4O2/c1-3-23(2)18-11-16(22-25)9-10-17(18)15(12-20)13-21-19(24)14-7-5-4-6-8-14/h4-11,13H,3H2,1-2H3,(H,21,24)/p+1/b15-13+. The summed E-state index contributed by atoms with van der Waals surface area (Å²) >= 11 is 0. The Morgan fingerprint density at radius 3 is 2.60 bits per heavy atom. The number of benzene rings is 2. The minimum absolute atomic E-state index is 0.295. The highest BCUT2D eigenvalue weighted by Crippen LogP contribution is 2.28. The van der Waals surface area contributed by atoms with Crippen molar-refractivity contribution in [2.75, 3.05) is 18.5 Å². The van der Waals surface area contributed by atoms with E-state index in [4.69, 9.17) is 0 Å². The summed E-state index contributed by atoms with van der Waals surface area (Å²) in [6, 6.07) is 15.8. The predicted molar refractivity (Wildman–Crippen MR) is 96.9 cm³/mol. The number of carbonyl (C=O) groups is 1. The minimum atomic E-state index is -0.295. The summed E-state index contributed by atoms with van der Waals surface area (Å²) in [5.74, 6) is -0.295. The molecule has 0 saturated carbocycles. The van der Waals surface area contributed by atoms with Crippen LogP contribution < -0.4 is 15.4 Å². The van der Waals surface area contributed by atoms with Crippen LogP contribution in [0.3, 0.4) is 0 Å². The zero-order valence-corrected chi connectivity index (χ0v) is 14.1. The molecule has 0 aliphatic heterocycles. The zero-order chi connectivity index (χ0) is 18.2. The third kappa shape index (κ3) is 4.30. The van der Waals surface area contributed by atoms with Crippen LogP contribution in [-0.2, 0) is 0 Å². The summed E-state index contributed by atoms with van der Waals surface area (Å²) < 4.78 is 0. The number of nitrogens with one attached hydrogen (secondary N) is 2. The quantitative estimate of drug-likeness (QED) is 0.790. The minimum Gasteiger partial charge on any atom is -0.374 e. The lowest BCUT2D eigenvalue weighted by Gasteiger charge is -2.20. The third-order valence-electron chi connectivity index (χ3n) is 3.80. The fraction of sp³-hybridized carbons (Fsp3) is 0.158. The molecule has 0 saturated heterocycles. The monoisotopic (exact) mass is 335 g/mol. The Bertz CT molecular complexity index is 838. The molecular formula is C19H19N4O2+. The van der Waals surface area contributed by atoms with Crippen molar-refractivity contribution in [2.45, 2.75) is 6.92 Å². The van der Waals surface area contributed by atoms with Crippen molar-refractivity contribution in [3.8, 4) is 6.07 Å². The highest BCUT2D eigenvalue weighted by molar-refractivity contribution is 5.96. The van der Waals surface area contributed by atoms with Crippen LogP contribution in [0.5, 0.6) is 0 Å². The van der Waals surface area contributed by atoms with Gasteiger partial charge < -0.3 is 10.2 Å². The molecule has 0 bridgehead atoms. The van der Waals surface area contributed by atoms with Crippen molar-refractivity contribution in [3.63, 3.8) is 0 Å². The van der Waals surface area contributed by atoms with Gasteiger partial charge in [-0.05, 0) is 25.1 Å². The summed E-state index contributed by atoms with van der Waals surface area (Å²) in [4.78, 5) is 25.0. The van der Waals surface area contributed by atoms with Crippen molar-refractivity contribution in [2.24, 2.45) is 0 Å². The van der Waals surface area contributed by atoms with Gasteiger partial charge in [-0.3, -0.25) is 4.79 Å². The average molecular weight is 335 g/mol. The van der Waals surface area contributed by atoms with Crippen LogP contribution in [0.1, 0.15) is 22.8 Å². The Hall–Kier alpha value is -3.46. The van der Waals surface area contributed by atoms with E-state index in [0.717, 1.165) is 5.69 Å². The number of hydrogen-bond donors (Lipinski definition) is 2. The molecule has 1 amide bonds.